The summed E-state index contributed by atoms with van der Waals surface area (Å²) in [6, 6.07) is 0. The lowest BCUT2D eigenvalue weighted by molar-refractivity contribution is -0.157. The van der Waals surface area contributed by atoms with Crippen LogP contribution in [-0.4, -0.2) is 24.8 Å². The molecule has 0 aromatic heterocycles. The van der Waals surface area contributed by atoms with Gasteiger partial charge in [-0.25, -0.2) is 0 Å². The van der Waals surface area contributed by atoms with E-state index in [1.165, 1.54) is 20.0 Å². The van der Waals surface area contributed by atoms with Crippen LogP contribution in [0.5, 0.6) is 0 Å². The van der Waals surface area contributed by atoms with Gasteiger partial charge in [-0.15, -0.1) is 0 Å². The Morgan fingerprint density at radius 2 is 1.86 bits per heavy atom. The molecule has 0 aromatic rings. The molecular formula is C11H18O3. The number of methoxy groups -OCH3 is 1. The lowest BCUT2D eigenvalue weighted by Crippen LogP contribution is -2.45. The molecule has 3 fully saturated rings. The van der Waals surface area contributed by atoms with Crippen LogP contribution in [0.15, 0.2) is 0 Å². The first-order valence-electron chi connectivity index (χ1n) is 5.46. The number of carbonyl (C=O) groups excluding carboxylic acids is 1. The van der Waals surface area contributed by atoms with Crippen LogP contribution in [0.3, 0.4) is 0 Å². The first-order valence-corrected chi connectivity index (χ1v) is 5.46. The Labute approximate surface area is 84.4 Å². The van der Waals surface area contributed by atoms with Crippen LogP contribution in [0.1, 0.15) is 25.7 Å². The van der Waals surface area contributed by atoms with Crippen molar-refractivity contribution in [1.29, 1.82) is 0 Å². The molecule has 3 saturated carbocycles. The highest BCUT2D eigenvalue weighted by atomic mass is 16.5. The second-order valence-electron chi connectivity index (χ2n) is 4.57. The Morgan fingerprint density at radius 1 is 1.29 bits per heavy atom. The van der Waals surface area contributed by atoms with E-state index < -0.39 is 0 Å². The maximum Gasteiger partial charge on any atom is 0.309 e. The zero-order chi connectivity index (χ0) is 10.1. The minimum atomic E-state index is -0.113. The maximum atomic E-state index is 11.6. The minimum Gasteiger partial charge on any atom is -0.469 e. The van der Waals surface area contributed by atoms with Crippen LogP contribution in [0.4, 0.5) is 0 Å². The topological polar surface area (TPSA) is 46.5 Å². The van der Waals surface area contributed by atoms with Crippen molar-refractivity contribution in [3.63, 3.8) is 0 Å². The summed E-state index contributed by atoms with van der Waals surface area (Å²) < 4.78 is 4.82. The fourth-order valence-corrected chi connectivity index (χ4v) is 3.34. The van der Waals surface area contributed by atoms with Gasteiger partial charge in [0.15, 0.2) is 0 Å². The Kier molecular flexibility index (Phi) is 2.77. The zero-order valence-corrected chi connectivity index (χ0v) is 8.61. The van der Waals surface area contributed by atoms with Crippen LogP contribution in [0.2, 0.25) is 0 Å². The smallest absolute Gasteiger partial charge is 0.309 e. The Balaban J connectivity index is 2.16. The second-order valence-corrected chi connectivity index (χ2v) is 4.57. The van der Waals surface area contributed by atoms with Crippen LogP contribution in [0.25, 0.3) is 0 Å². The number of aliphatic hydroxyl groups is 1. The molecule has 3 nitrogen and oxygen atoms in total. The van der Waals surface area contributed by atoms with Gasteiger partial charge in [-0.05, 0) is 43.4 Å². The van der Waals surface area contributed by atoms with Gasteiger partial charge in [0.05, 0.1) is 13.0 Å². The predicted octanol–water partition coefficient (Wildman–Crippen LogP) is 1.20. The number of esters is 1. The molecule has 0 radical (unpaired) electrons. The van der Waals surface area contributed by atoms with Gasteiger partial charge in [0.25, 0.3) is 0 Å². The van der Waals surface area contributed by atoms with E-state index in [-0.39, 0.29) is 24.4 Å². The van der Waals surface area contributed by atoms with Gasteiger partial charge in [0.2, 0.25) is 0 Å². The first kappa shape index (κ1) is 9.97. The van der Waals surface area contributed by atoms with Crippen LogP contribution in [-0.2, 0) is 9.53 Å². The molecule has 80 valence electrons. The molecule has 0 unspecified atom stereocenters. The van der Waals surface area contributed by atoms with Crippen molar-refractivity contribution in [3.8, 4) is 0 Å². The van der Waals surface area contributed by atoms with E-state index in [1.54, 1.807) is 0 Å². The van der Waals surface area contributed by atoms with Crippen LogP contribution < -0.4 is 0 Å². The summed E-state index contributed by atoms with van der Waals surface area (Å²) in [5.74, 6) is 1.03. The van der Waals surface area contributed by atoms with E-state index in [2.05, 4.69) is 0 Å². The third kappa shape index (κ3) is 1.44. The van der Waals surface area contributed by atoms with Gasteiger partial charge in [0.1, 0.15) is 0 Å². The van der Waals surface area contributed by atoms with Gasteiger partial charge in [0, 0.05) is 6.61 Å². The van der Waals surface area contributed by atoms with Crippen molar-refractivity contribution in [2.24, 2.45) is 23.7 Å². The van der Waals surface area contributed by atoms with E-state index in [4.69, 9.17) is 4.74 Å². The fraction of sp³-hybridized carbons (Fsp3) is 0.909. The normalized spacial score (nSPS) is 41.0. The molecule has 0 aliphatic heterocycles. The fourth-order valence-electron chi connectivity index (χ4n) is 3.34. The number of carbonyl (C=O) groups is 1. The molecule has 3 rings (SSSR count). The van der Waals surface area contributed by atoms with Crippen molar-refractivity contribution in [3.05, 3.63) is 0 Å². The Morgan fingerprint density at radius 3 is 2.36 bits per heavy atom. The number of aliphatic hydroxyl groups excluding tert-OH is 1. The summed E-state index contributed by atoms with van der Waals surface area (Å²) in [7, 11) is 1.44. The summed E-state index contributed by atoms with van der Waals surface area (Å²) in [6.07, 6.45) is 4.65. The Hall–Kier alpha value is -0.570. The van der Waals surface area contributed by atoms with E-state index in [0.29, 0.717) is 11.8 Å². The number of ether oxygens (including phenoxy) is 1. The van der Waals surface area contributed by atoms with Crippen molar-refractivity contribution in [1.82, 2.24) is 0 Å². The third-order valence-corrected chi connectivity index (χ3v) is 4.08. The summed E-state index contributed by atoms with van der Waals surface area (Å²) in [5.41, 5.74) is 0. The standard InChI is InChI=1S/C11H18O3/c1-14-11(13)10-8-4-2-7(3-5-8)9(10)6-12/h7-10,12H,2-6H2,1H3/t7?,8?,9-,10+/m0/s1. The largest absolute Gasteiger partial charge is 0.469 e. The molecular weight excluding hydrogens is 180 g/mol. The van der Waals surface area contributed by atoms with Gasteiger partial charge in [-0.3, -0.25) is 4.79 Å². The molecule has 3 aliphatic carbocycles. The number of fused-ring (bicyclic) bond motifs is 3. The monoisotopic (exact) mass is 198 g/mol. The molecule has 3 aliphatic rings. The molecule has 0 aromatic carbocycles. The van der Waals surface area contributed by atoms with E-state index >= 15 is 0 Å². The van der Waals surface area contributed by atoms with Crippen molar-refractivity contribution >= 4 is 5.97 Å². The number of hydrogen-bond donors (Lipinski definition) is 1. The minimum absolute atomic E-state index is 0.0301. The van der Waals surface area contributed by atoms with Gasteiger partial charge in [-0.1, -0.05) is 0 Å². The average molecular weight is 198 g/mol. The van der Waals surface area contributed by atoms with E-state index in [9.17, 15) is 9.90 Å². The lowest BCUT2D eigenvalue weighted by atomic mass is 9.59. The summed E-state index contributed by atoms with van der Waals surface area (Å²) in [5, 5.41) is 9.32. The SMILES string of the molecule is COC(=O)[C@@H]1C2CCC(CC2)[C@@H]1CO. The maximum absolute atomic E-state index is 11.6. The van der Waals surface area contributed by atoms with Crippen LogP contribution >= 0.6 is 0 Å². The van der Waals surface area contributed by atoms with E-state index in [1.807, 2.05) is 0 Å². The van der Waals surface area contributed by atoms with Crippen molar-refractivity contribution in [2.45, 2.75) is 25.7 Å². The predicted molar refractivity (Wildman–Crippen MR) is 51.5 cm³/mol. The second kappa shape index (κ2) is 3.89. The van der Waals surface area contributed by atoms with Crippen molar-refractivity contribution in [2.75, 3.05) is 13.7 Å². The third-order valence-electron chi connectivity index (χ3n) is 4.08. The van der Waals surface area contributed by atoms with Gasteiger partial charge in [-0.2, -0.15) is 0 Å². The van der Waals surface area contributed by atoms with Crippen LogP contribution in [0, 0.1) is 23.7 Å². The molecule has 0 amide bonds. The molecule has 3 heteroatoms. The molecule has 0 spiro atoms. The number of hydrogen-bond acceptors (Lipinski definition) is 3. The number of rotatable bonds is 2. The summed E-state index contributed by atoms with van der Waals surface area (Å²) in [4.78, 5) is 11.6. The lowest BCUT2D eigenvalue weighted by Gasteiger charge is -2.46. The summed E-state index contributed by atoms with van der Waals surface area (Å²) >= 11 is 0. The van der Waals surface area contributed by atoms with Crippen molar-refractivity contribution < 1.29 is 14.6 Å². The molecule has 1 N–H and O–H groups in total. The highest BCUT2D eigenvalue weighted by Gasteiger charge is 2.47. The quantitative estimate of drug-likeness (QED) is 0.678. The van der Waals surface area contributed by atoms with E-state index in [0.717, 1.165) is 12.8 Å². The molecule has 2 bridgehead atoms. The average Bonchev–Trinajstić information content (AvgIpc) is 2.28. The van der Waals surface area contributed by atoms with Gasteiger partial charge >= 0.3 is 5.97 Å². The zero-order valence-electron chi connectivity index (χ0n) is 8.61. The molecule has 14 heavy (non-hydrogen) atoms. The summed E-state index contributed by atoms with van der Waals surface area (Å²) in [6.45, 7) is 0.140. The highest BCUT2D eigenvalue weighted by molar-refractivity contribution is 5.73. The molecule has 2 atom stereocenters. The highest BCUT2D eigenvalue weighted by Crippen LogP contribution is 2.48. The molecule has 0 heterocycles. The Bertz CT molecular complexity index is 219. The molecule has 0 saturated heterocycles. The van der Waals surface area contributed by atoms with Gasteiger partial charge < -0.3 is 9.84 Å². The first-order chi connectivity index (χ1) is 6.77.